The summed E-state index contributed by atoms with van der Waals surface area (Å²) in [5.74, 6) is 0.0137. The average Bonchev–Trinajstić information content (AvgIpc) is 3.66. The monoisotopic (exact) mass is 642 g/mol. The zero-order chi connectivity index (χ0) is 33.6. The predicted octanol–water partition coefficient (Wildman–Crippen LogP) is 7.22. The van der Waals surface area contributed by atoms with Crippen LogP contribution in [-0.2, 0) is 27.3 Å². The third-order valence-corrected chi connectivity index (χ3v) is 7.72. The number of hydrogen-bond donors (Lipinski definition) is 1. The number of carbonyl (C=O) groups is 3. The SMILES string of the molecule is COC(=O)C(Cc1ccc(OCCCN(Cc2ccccc2)C(=O)C=Cc2ccoc2)cc1)Nc1ccccc1C(=O)c1ccccc1. The number of nitrogens with one attached hydrogen (secondary N) is 1. The molecule has 1 amide bonds. The highest BCUT2D eigenvalue weighted by Gasteiger charge is 2.23. The molecule has 0 aliphatic heterocycles. The molecular weight excluding hydrogens is 604 g/mol. The van der Waals surface area contributed by atoms with E-state index in [0.29, 0.717) is 55.1 Å². The Morgan fingerprint density at radius 1 is 0.833 bits per heavy atom. The number of benzene rings is 4. The number of para-hydroxylation sites is 1. The fourth-order valence-electron chi connectivity index (χ4n) is 5.19. The molecule has 0 spiro atoms. The summed E-state index contributed by atoms with van der Waals surface area (Å²) in [7, 11) is 1.35. The minimum Gasteiger partial charge on any atom is -0.494 e. The number of ketones is 1. The molecule has 8 nitrogen and oxygen atoms in total. The van der Waals surface area contributed by atoms with E-state index in [4.69, 9.17) is 13.9 Å². The Morgan fingerprint density at radius 2 is 1.54 bits per heavy atom. The van der Waals surface area contributed by atoms with Gasteiger partial charge in [0.25, 0.3) is 0 Å². The number of esters is 1. The summed E-state index contributed by atoms with van der Waals surface area (Å²) < 4.78 is 16.2. The fourth-order valence-corrected chi connectivity index (χ4v) is 5.19. The molecule has 48 heavy (non-hydrogen) atoms. The lowest BCUT2D eigenvalue weighted by atomic mass is 10.00. The quantitative estimate of drug-likeness (QED) is 0.0525. The minimum absolute atomic E-state index is 0.0924. The smallest absolute Gasteiger partial charge is 0.328 e. The van der Waals surface area contributed by atoms with Crippen molar-refractivity contribution < 1.29 is 28.3 Å². The van der Waals surface area contributed by atoms with E-state index in [1.165, 1.54) is 7.11 Å². The largest absolute Gasteiger partial charge is 0.494 e. The summed E-state index contributed by atoms with van der Waals surface area (Å²) in [6.07, 6.45) is 7.43. The van der Waals surface area contributed by atoms with E-state index < -0.39 is 12.0 Å². The molecule has 1 N–H and O–H groups in total. The second-order valence-corrected chi connectivity index (χ2v) is 11.1. The van der Waals surface area contributed by atoms with Gasteiger partial charge in [-0.15, -0.1) is 0 Å². The number of anilines is 1. The number of rotatable bonds is 16. The van der Waals surface area contributed by atoms with Crippen LogP contribution in [0.3, 0.4) is 0 Å². The highest BCUT2D eigenvalue weighted by atomic mass is 16.5. The fraction of sp³-hybridized carbons (Fsp3) is 0.175. The number of hydrogen-bond acceptors (Lipinski definition) is 7. The molecule has 5 rings (SSSR count). The van der Waals surface area contributed by atoms with Gasteiger partial charge in [-0.2, -0.15) is 0 Å². The van der Waals surface area contributed by atoms with E-state index in [2.05, 4.69) is 5.32 Å². The number of carbonyl (C=O) groups excluding carboxylic acids is 3. The molecular formula is C40H38N2O6. The van der Waals surface area contributed by atoms with Gasteiger partial charge in [-0.3, -0.25) is 9.59 Å². The van der Waals surface area contributed by atoms with Gasteiger partial charge in [-0.05, 0) is 54.0 Å². The van der Waals surface area contributed by atoms with Crippen molar-refractivity contribution in [3.63, 3.8) is 0 Å². The molecule has 0 bridgehead atoms. The molecule has 0 radical (unpaired) electrons. The number of amides is 1. The van der Waals surface area contributed by atoms with Gasteiger partial charge in [-0.25, -0.2) is 4.79 Å². The third-order valence-electron chi connectivity index (χ3n) is 7.72. The highest BCUT2D eigenvalue weighted by molar-refractivity contribution is 6.12. The Morgan fingerprint density at radius 3 is 2.25 bits per heavy atom. The highest BCUT2D eigenvalue weighted by Crippen LogP contribution is 2.22. The van der Waals surface area contributed by atoms with Crippen molar-refractivity contribution in [2.45, 2.75) is 25.4 Å². The van der Waals surface area contributed by atoms with Crippen molar-refractivity contribution in [1.29, 1.82) is 0 Å². The van der Waals surface area contributed by atoms with Crippen LogP contribution < -0.4 is 10.1 Å². The summed E-state index contributed by atoms with van der Waals surface area (Å²) in [6.45, 7) is 1.43. The van der Waals surface area contributed by atoms with Crippen molar-refractivity contribution in [3.05, 3.63) is 162 Å². The Hall–Kier alpha value is -5.89. The van der Waals surface area contributed by atoms with E-state index >= 15 is 0 Å². The van der Waals surface area contributed by atoms with Crippen molar-refractivity contribution in [2.75, 3.05) is 25.6 Å². The van der Waals surface area contributed by atoms with Crippen LogP contribution in [-0.4, -0.2) is 48.9 Å². The van der Waals surface area contributed by atoms with E-state index in [1.54, 1.807) is 66.0 Å². The first-order valence-electron chi connectivity index (χ1n) is 15.8. The van der Waals surface area contributed by atoms with Crippen molar-refractivity contribution >= 4 is 29.4 Å². The van der Waals surface area contributed by atoms with Crippen LogP contribution in [0.2, 0.25) is 0 Å². The molecule has 1 atom stereocenters. The Bertz CT molecular complexity index is 1790. The van der Waals surface area contributed by atoms with Crippen LogP contribution >= 0.6 is 0 Å². The number of furan rings is 1. The summed E-state index contributed by atoms with van der Waals surface area (Å²) in [4.78, 5) is 40.9. The zero-order valence-corrected chi connectivity index (χ0v) is 26.8. The molecule has 0 aliphatic rings. The zero-order valence-electron chi connectivity index (χ0n) is 26.8. The molecule has 5 aromatic rings. The molecule has 0 saturated carbocycles. The van der Waals surface area contributed by atoms with E-state index in [1.807, 2.05) is 78.9 Å². The maximum absolute atomic E-state index is 13.2. The maximum atomic E-state index is 13.2. The lowest BCUT2D eigenvalue weighted by Crippen LogP contribution is -2.33. The first-order chi connectivity index (χ1) is 23.5. The molecule has 0 aliphatic carbocycles. The number of nitrogens with zero attached hydrogens (tertiary/aromatic N) is 1. The van der Waals surface area contributed by atoms with Gasteiger partial charge in [0.15, 0.2) is 5.78 Å². The number of ether oxygens (including phenoxy) is 2. The minimum atomic E-state index is -0.720. The van der Waals surface area contributed by atoms with Gasteiger partial charge in [0.2, 0.25) is 5.91 Å². The van der Waals surface area contributed by atoms with Gasteiger partial charge in [0.1, 0.15) is 11.8 Å². The van der Waals surface area contributed by atoms with Crippen molar-refractivity contribution in [2.24, 2.45) is 0 Å². The van der Waals surface area contributed by atoms with E-state index in [9.17, 15) is 14.4 Å². The van der Waals surface area contributed by atoms with E-state index in [0.717, 1.165) is 16.7 Å². The van der Waals surface area contributed by atoms with Crippen molar-refractivity contribution in [1.82, 2.24) is 4.90 Å². The van der Waals surface area contributed by atoms with Gasteiger partial charge in [0, 0.05) is 48.0 Å². The molecule has 1 aromatic heterocycles. The Balaban J connectivity index is 1.17. The van der Waals surface area contributed by atoms with Gasteiger partial charge in [-0.1, -0.05) is 84.9 Å². The third kappa shape index (κ3) is 9.56. The van der Waals surface area contributed by atoms with Crippen LogP contribution in [0.15, 0.2) is 138 Å². The second kappa shape index (κ2) is 17.1. The lowest BCUT2D eigenvalue weighted by molar-refractivity contribution is -0.141. The first-order valence-corrected chi connectivity index (χ1v) is 15.8. The standard InChI is InChI=1S/C40H38N2O6/c1-46-40(45)37(41-36-16-9-8-15-35(36)39(44)33-13-6-3-7-14-33)27-30-17-20-34(21-18-30)48-25-10-24-42(28-31-11-4-2-5-12-31)38(43)22-19-32-23-26-47-29-32/h2-9,11-23,26,29,37,41H,10,24-25,27-28H2,1H3. The summed E-state index contributed by atoms with van der Waals surface area (Å²) in [5, 5.41) is 3.24. The average molecular weight is 643 g/mol. The maximum Gasteiger partial charge on any atom is 0.328 e. The molecule has 8 heteroatoms. The first kappa shape index (κ1) is 33.5. The van der Waals surface area contributed by atoms with Crippen LogP contribution in [0.4, 0.5) is 5.69 Å². The molecule has 244 valence electrons. The van der Waals surface area contributed by atoms with E-state index in [-0.39, 0.29) is 11.7 Å². The van der Waals surface area contributed by atoms with Crippen LogP contribution in [0, 0.1) is 0 Å². The molecule has 1 unspecified atom stereocenters. The Kier molecular flexibility index (Phi) is 12.0. The molecule has 0 saturated heterocycles. The van der Waals surface area contributed by atoms with Crippen LogP contribution in [0.25, 0.3) is 6.08 Å². The lowest BCUT2D eigenvalue weighted by Gasteiger charge is -2.21. The van der Waals surface area contributed by atoms with Crippen LogP contribution in [0.1, 0.15) is 39.0 Å². The summed E-state index contributed by atoms with van der Waals surface area (Å²) in [6, 6.07) is 34.6. The number of methoxy groups -OCH3 is 1. The summed E-state index contributed by atoms with van der Waals surface area (Å²) in [5.41, 5.74) is 4.35. The molecule has 4 aromatic carbocycles. The molecule has 0 fully saturated rings. The van der Waals surface area contributed by atoms with Gasteiger partial charge in [0.05, 0.1) is 26.2 Å². The van der Waals surface area contributed by atoms with Crippen LogP contribution in [0.5, 0.6) is 5.75 Å². The topological polar surface area (TPSA) is 98.1 Å². The predicted molar refractivity (Wildman–Crippen MR) is 186 cm³/mol. The Labute approximate surface area is 280 Å². The van der Waals surface area contributed by atoms with Crippen molar-refractivity contribution in [3.8, 4) is 5.75 Å². The summed E-state index contributed by atoms with van der Waals surface area (Å²) >= 11 is 0. The van der Waals surface area contributed by atoms with Gasteiger partial charge >= 0.3 is 5.97 Å². The molecule has 1 heterocycles. The van der Waals surface area contributed by atoms with Gasteiger partial charge < -0.3 is 24.1 Å². The normalized spacial score (nSPS) is 11.5. The second-order valence-electron chi connectivity index (χ2n) is 11.1.